The molecule has 0 unspecified atom stereocenters. The monoisotopic (exact) mass is 326 g/mol. The van der Waals surface area contributed by atoms with E-state index in [0.29, 0.717) is 30.5 Å². The lowest BCUT2D eigenvalue weighted by atomic mass is 10.1. The number of hydrogen-bond acceptors (Lipinski definition) is 3. The topological polar surface area (TPSA) is 53.3 Å². The third-order valence-electron chi connectivity index (χ3n) is 3.77. The SMILES string of the molecule is COc1ccc(CN(C)C(=O)CCc2ccc(C#N)cc2)cc1F. The Kier molecular flexibility index (Phi) is 5.91. The van der Waals surface area contributed by atoms with Crippen molar-refractivity contribution >= 4 is 5.91 Å². The summed E-state index contributed by atoms with van der Waals surface area (Å²) in [7, 11) is 3.11. The van der Waals surface area contributed by atoms with E-state index in [-0.39, 0.29) is 11.7 Å². The number of carbonyl (C=O) groups is 1. The van der Waals surface area contributed by atoms with Crippen molar-refractivity contribution in [1.29, 1.82) is 5.26 Å². The Hall–Kier alpha value is -2.87. The van der Waals surface area contributed by atoms with Crippen LogP contribution in [0.25, 0.3) is 0 Å². The predicted octanol–water partition coefficient (Wildman–Crippen LogP) is 3.30. The van der Waals surface area contributed by atoms with Crippen LogP contribution in [0.2, 0.25) is 0 Å². The molecule has 0 aromatic heterocycles. The molecular weight excluding hydrogens is 307 g/mol. The lowest BCUT2D eigenvalue weighted by molar-refractivity contribution is -0.130. The fourth-order valence-electron chi connectivity index (χ4n) is 2.36. The van der Waals surface area contributed by atoms with E-state index >= 15 is 0 Å². The molecule has 24 heavy (non-hydrogen) atoms. The summed E-state index contributed by atoms with van der Waals surface area (Å²) in [5, 5.41) is 8.77. The van der Waals surface area contributed by atoms with Crippen LogP contribution in [0.4, 0.5) is 4.39 Å². The molecule has 124 valence electrons. The summed E-state index contributed by atoms with van der Waals surface area (Å²) in [6.45, 7) is 0.340. The predicted molar refractivity (Wildman–Crippen MR) is 88.9 cm³/mol. The van der Waals surface area contributed by atoms with Crippen LogP contribution in [-0.2, 0) is 17.8 Å². The molecule has 0 heterocycles. The molecule has 4 nitrogen and oxygen atoms in total. The van der Waals surface area contributed by atoms with Crippen molar-refractivity contribution in [2.45, 2.75) is 19.4 Å². The number of halogens is 1. The average Bonchev–Trinajstić information content (AvgIpc) is 2.60. The highest BCUT2D eigenvalue weighted by molar-refractivity contribution is 5.76. The van der Waals surface area contributed by atoms with Gasteiger partial charge in [0.05, 0.1) is 18.7 Å². The van der Waals surface area contributed by atoms with Gasteiger partial charge in [-0.05, 0) is 41.8 Å². The number of aryl methyl sites for hydroxylation is 1. The molecule has 0 aliphatic heterocycles. The van der Waals surface area contributed by atoms with Gasteiger partial charge in [-0.25, -0.2) is 4.39 Å². The Morgan fingerprint density at radius 2 is 1.88 bits per heavy atom. The van der Waals surface area contributed by atoms with Crippen LogP contribution in [0, 0.1) is 17.1 Å². The summed E-state index contributed by atoms with van der Waals surface area (Å²) < 4.78 is 18.6. The van der Waals surface area contributed by atoms with E-state index in [2.05, 4.69) is 6.07 Å². The number of hydrogen-bond donors (Lipinski definition) is 0. The lowest BCUT2D eigenvalue weighted by Crippen LogP contribution is -2.26. The van der Waals surface area contributed by atoms with Crippen molar-refractivity contribution in [3.05, 3.63) is 65.0 Å². The summed E-state index contributed by atoms with van der Waals surface area (Å²) >= 11 is 0. The molecule has 0 saturated carbocycles. The zero-order valence-corrected chi connectivity index (χ0v) is 13.8. The average molecular weight is 326 g/mol. The maximum Gasteiger partial charge on any atom is 0.222 e. The summed E-state index contributed by atoms with van der Waals surface area (Å²) in [5.41, 5.74) is 2.32. The van der Waals surface area contributed by atoms with Crippen LogP contribution in [0.5, 0.6) is 5.75 Å². The Balaban J connectivity index is 1.89. The van der Waals surface area contributed by atoms with Gasteiger partial charge in [-0.1, -0.05) is 18.2 Å². The molecule has 0 fully saturated rings. The number of nitrogens with zero attached hydrogens (tertiary/aromatic N) is 2. The number of nitriles is 1. The van der Waals surface area contributed by atoms with Gasteiger partial charge in [0, 0.05) is 20.0 Å². The third kappa shape index (κ3) is 4.56. The maximum atomic E-state index is 13.7. The second-order valence-corrected chi connectivity index (χ2v) is 5.53. The molecule has 2 rings (SSSR count). The van der Waals surface area contributed by atoms with E-state index in [1.807, 2.05) is 12.1 Å². The maximum absolute atomic E-state index is 13.7. The third-order valence-corrected chi connectivity index (χ3v) is 3.77. The Bertz CT molecular complexity index is 751. The minimum Gasteiger partial charge on any atom is -0.494 e. The van der Waals surface area contributed by atoms with Crippen LogP contribution < -0.4 is 4.74 Å². The largest absolute Gasteiger partial charge is 0.494 e. The smallest absolute Gasteiger partial charge is 0.222 e. The highest BCUT2D eigenvalue weighted by atomic mass is 19.1. The zero-order valence-electron chi connectivity index (χ0n) is 13.8. The molecule has 0 aliphatic rings. The van der Waals surface area contributed by atoms with Crippen LogP contribution in [0.3, 0.4) is 0 Å². The van der Waals surface area contributed by atoms with Gasteiger partial charge in [0.25, 0.3) is 0 Å². The minimum atomic E-state index is -0.437. The van der Waals surface area contributed by atoms with Crippen molar-refractivity contribution in [3.63, 3.8) is 0 Å². The molecule has 0 bridgehead atoms. The number of carbonyl (C=O) groups excluding carboxylic acids is 1. The zero-order chi connectivity index (χ0) is 17.5. The molecule has 0 aliphatic carbocycles. The van der Waals surface area contributed by atoms with Gasteiger partial charge in [0.1, 0.15) is 0 Å². The molecule has 2 aromatic carbocycles. The van der Waals surface area contributed by atoms with Crippen molar-refractivity contribution < 1.29 is 13.9 Å². The highest BCUT2D eigenvalue weighted by Gasteiger charge is 2.11. The fraction of sp³-hybridized carbons (Fsp3) is 0.263. The van der Waals surface area contributed by atoms with Crippen LogP contribution in [0.1, 0.15) is 23.1 Å². The van der Waals surface area contributed by atoms with E-state index in [0.717, 1.165) is 5.56 Å². The van der Waals surface area contributed by atoms with Gasteiger partial charge in [0.15, 0.2) is 11.6 Å². The van der Waals surface area contributed by atoms with Gasteiger partial charge in [-0.2, -0.15) is 5.26 Å². The second kappa shape index (κ2) is 8.11. The van der Waals surface area contributed by atoms with Crippen molar-refractivity contribution in [1.82, 2.24) is 4.90 Å². The molecule has 0 saturated heterocycles. The first-order valence-electron chi connectivity index (χ1n) is 7.59. The van der Waals surface area contributed by atoms with Gasteiger partial charge in [-0.15, -0.1) is 0 Å². The van der Waals surface area contributed by atoms with Gasteiger partial charge in [-0.3, -0.25) is 4.79 Å². The summed E-state index contributed by atoms with van der Waals surface area (Å²) in [6.07, 6.45) is 0.965. The molecule has 0 N–H and O–H groups in total. The molecule has 1 amide bonds. The molecule has 0 radical (unpaired) electrons. The number of methoxy groups -OCH3 is 1. The van der Waals surface area contributed by atoms with E-state index in [9.17, 15) is 9.18 Å². The summed E-state index contributed by atoms with van der Waals surface area (Å²) in [6, 6.07) is 13.9. The lowest BCUT2D eigenvalue weighted by Gasteiger charge is -2.17. The Labute approximate surface area is 141 Å². The van der Waals surface area contributed by atoms with Crippen LogP contribution in [0.15, 0.2) is 42.5 Å². The van der Waals surface area contributed by atoms with Crippen molar-refractivity contribution in [2.75, 3.05) is 14.2 Å². The molecule has 2 aromatic rings. The normalized spacial score (nSPS) is 10.1. The second-order valence-electron chi connectivity index (χ2n) is 5.53. The van der Waals surface area contributed by atoms with Gasteiger partial charge < -0.3 is 9.64 Å². The molecular formula is C19H19FN2O2. The Morgan fingerprint density at radius 1 is 1.21 bits per heavy atom. The summed E-state index contributed by atoms with van der Waals surface area (Å²) in [4.78, 5) is 13.8. The number of amides is 1. The first kappa shape index (κ1) is 17.5. The quantitative estimate of drug-likeness (QED) is 0.818. The molecule has 5 heteroatoms. The van der Waals surface area contributed by atoms with Gasteiger partial charge in [0.2, 0.25) is 5.91 Å². The van der Waals surface area contributed by atoms with E-state index in [4.69, 9.17) is 10.00 Å². The molecule has 0 atom stereocenters. The number of benzene rings is 2. The van der Waals surface area contributed by atoms with E-state index in [1.54, 1.807) is 36.2 Å². The standard InChI is InChI=1S/C19H19FN2O2/c1-22(13-16-7-9-18(24-2)17(20)11-16)19(23)10-8-14-3-5-15(12-21)6-4-14/h3-7,9,11H,8,10,13H2,1-2H3. The first-order valence-corrected chi connectivity index (χ1v) is 7.59. The highest BCUT2D eigenvalue weighted by Crippen LogP contribution is 2.18. The van der Waals surface area contributed by atoms with Crippen molar-refractivity contribution in [2.24, 2.45) is 0 Å². The van der Waals surface area contributed by atoms with Crippen LogP contribution in [-0.4, -0.2) is 25.0 Å². The summed E-state index contributed by atoms with van der Waals surface area (Å²) in [5.74, 6) is -0.266. The van der Waals surface area contributed by atoms with Gasteiger partial charge >= 0.3 is 0 Å². The van der Waals surface area contributed by atoms with E-state index in [1.165, 1.54) is 13.2 Å². The minimum absolute atomic E-state index is 0.0180. The fourth-order valence-corrected chi connectivity index (χ4v) is 2.36. The Morgan fingerprint density at radius 3 is 2.46 bits per heavy atom. The number of rotatable bonds is 6. The van der Waals surface area contributed by atoms with Crippen LogP contribution >= 0.6 is 0 Å². The number of ether oxygens (including phenoxy) is 1. The molecule has 0 spiro atoms. The van der Waals surface area contributed by atoms with Crippen molar-refractivity contribution in [3.8, 4) is 11.8 Å². The first-order chi connectivity index (χ1) is 11.5. The van der Waals surface area contributed by atoms with E-state index < -0.39 is 5.82 Å².